The molecule has 1 unspecified atom stereocenters. The fraction of sp³-hybridized carbons (Fsp3) is 0.450. The summed E-state index contributed by atoms with van der Waals surface area (Å²) in [6.07, 6.45) is 2.74. The van der Waals surface area contributed by atoms with Crippen molar-refractivity contribution in [2.24, 2.45) is 11.7 Å². The number of piperidine rings is 1. The molecule has 150 valence electrons. The van der Waals surface area contributed by atoms with Crippen LogP contribution in [0.5, 0.6) is 0 Å². The number of benzene rings is 1. The van der Waals surface area contributed by atoms with Crippen LogP contribution in [0, 0.1) is 5.92 Å². The summed E-state index contributed by atoms with van der Waals surface area (Å²) >= 11 is 3.21. The molecule has 0 spiro atoms. The number of nitrogens with one attached hydrogen (secondary N) is 1. The number of likely N-dealkylation sites (tertiary alicyclic amines) is 1. The van der Waals surface area contributed by atoms with E-state index in [0.717, 1.165) is 55.2 Å². The van der Waals surface area contributed by atoms with E-state index in [2.05, 4.69) is 15.2 Å². The van der Waals surface area contributed by atoms with Gasteiger partial charge in [0.05, 0.1) is 22.7 Å². The highest BCUT2D eigenvalue weighted by Crippen LogP contribution is 2.26. The van der Waals surface area contributed by atoms with Crippen LogP contribution in [0.1, 0.15) is 35.3 Å². The van der Waals surface area contributed by atoms with E-state index in [9.17, 15) is 9.59 Å². The number of nitrogens with zero attached hydrogens (tertiary/aromatic N) is 2. The Kier molecular flexibility index (Phi) is 7.88. The van der Waals surface area contributed by atoms with E-state index in [1.165, 1.54) is 0 Å². The molecule has 2 heterocycles. The van der Waals surface area contributed by atoms with Crippen LogP contribution < -0.4 is 11.1 Å². The van der Waals surface area contributed by atoms with Crippen LogP contribution in [-0.2, 0) is 10.5 Å². The minimum Gasteiger partial charge on any atom is -0.369 e. The van der Waals surface area contributed by atoms with Crippen molar-refractivity contribution in [2.75, 3.05) is 26.2 Å². The van der Waals surface area contributed by atoms with Crippen LogP contribution in [0.3, 0.4) is 0 Å². The van der Waals surface area contributed by atoms with Gasteiger partial charge in [0, 0.05) is 29.1 Å². The highest BCUT2D eigenvalue weighted by atomic mass is 32.2. The van der Waals surface area contributed by atoms with Crippen molar-refractivity contribution in [1.29, 1.82) is 0 Å². The Labute approximate surface area is 173 Å². The van der Waals surface area contributed by atoms with Crippen molar-refractivity contribution in [2.45, 2.75) is 29.9 Å². The first-order chi connectivity index (χ1) is 13.6. The summed E-state index contributed by atoms with van der Waals surface area (Å²) < 4.78 is 0. The summed E-state index contributed by atoms with van der Waals surface area (Å²) in [5, 5.41) is 5.05. The second-order valence-corrected chi connectivity index (χ2v) is 8.65. The number of carbonyl (C=O) groups excluding carboxylic acids is 2. The zero-order valence-corrected chi connectivity index (χ0v) is 17.4. The molecule has 1 saturated heterocycles. The first-order valence-corrected chi connectivity index (χ1v) is 11.4. The van der Waals surface area contributed by atoms with Gasteiger partial charge in [0.1, 0.15) is 0 Å². The van der Waals surface area contributed by atoms with Gasteiger partial charge in [-0.2, -0.15) is 0 Å². The SMILES string of the molecule is NC(=O)C1CCCN(CCCNC(=O)c2ccccc2SCc2cscn2)C1. The van der Waals surface area contributed by atoms with Gasteiger partial charge in [0.25, 0.3) is 5.91 Å². The Hall–Kier alpha value is -1.90. The standard InChI is InChI=1S/C20H26N4O2S2/c21-19(25)15-5-3-9-24(11-15)10-4-8-22-20(26)17-6-1-2-7-18(17)28-13-16-12-27-14-23-16/h1-2,6-7,12,14-15H,3-5,8-11,13H2,(H2,21,25)(H,22,26). The van der Waals surface area contributed by atoms with E-state index >= 15 is 0 Å². The topological polar surface area (TPSA) is 88.3 Å². The summed E-state index contributed by atoms with van der Waals surface area (Å²) in [6.45, 7) is 3.21. The monoisotopic (exact) mass is 418 g/mol. The molecule has 3 N–H and O–H groups in total. The highest BCUT2D eigenvalue weighted by Gasteiger charge is 2.23. The number of carbonyl (C=O) groups is 2. The number of amides is 2. The maximum Gasteiger partial charge on any atom is 0.252 e. The molecule has 1 atom stereocenters. The zero-order valence-electron chi connectivity index (χ0n) is 15.8. The molecule has 0 saturated carbocycles. The number of primary amides is 1. The molecule has 28 heavy (non-hydrogen) atoms. The van der Waals surface area contributed by atoms with Crippen molar-refractivity contribution < 1.29 is 9.59 Å². The molecule has 6 nitrogen and oxygen atoms in total. The first-order valence-electron chi connectivity index (χ1n) is 9.52. The van der Waals surface area contributed by atoms with Crippen molar-refractivity contribution in [3.8, 4) is 0 Å². The molecule has 3 rings (SSSR count). The van der Waals surface area contributed by atoms with Crippen molar-refractivity contribution in [3.05, 3.63) is 46.4 Å². The molecular weight excluding hydrogens is 392 g/mol. The maximum atomic E-state index is 12.6. The molecule has 1 aromatic carbocycles. The van der Waals surface area contributed by atoms with E-state index in [4.69, 9.17) is 5.73 Å². The molecule has 1 aliphatic rings. The van der Waals surface area contributed by atoms with Crippen LogP contribution in [0.2, 0.25) is 0 Å². The summed E-state index contributed by atoms with van der Waals surface area (Å²) in [5.41, 5.74) is 8.98. The predicted octanol–water partition coefficient (Wildman–Crippen LogP) is 2.75. The largest absolute Gasteiger partial charge is 0.369 e. The van der Waals surface area contributed by atoms with Gasteiger partial charge in [-0.05, 0) is 44.5 Å². The lowest BCUT2D eigenvalue weighted by Crippen LogP contribution is -2.42. The normalized spacial score (nSPS) is 17.4. The van der Waals surface area contributed by atoms with Crippen molar-refractivity contribution in [3.63, 3.8) is 0 Å². The molecule has 0 bridgehead atoms. The lowest BCUT2D eigenvalue weighted by atomic mass is 9.97. The Bertz CT molecular complexity index is 782. The minimum atomic E-state index is -0.204. The maximum absolute atomic E-state index is 12.6. The number of aromatic nitrogens is 1. The van der Waals surface area contributed by atoms with E-state index in [-0.39, 0.29) is 17.7 Å². The molecular formula is C20H26N4O2S2. The quantitative estimate of drug-likeness (QED) is 0.483. The number of hydrogen-bond donors (Lipinski definition) is 2. The number of thioether (sulfide) groups is 1. The van der Waals surface area contributed by atoms with Gasteiger partial charge in [-0.3, -0.25) is 9.59 Å². The molecule has 1 aliphatic heterocycles. The number of hydrogen-bond acceptors (Lipinski definition) is 6. The number of rotatable bonds is 9. The smallest absolute Gasteiger partial charge is 0.252 e. The third-order valence-corrected chi connectivity index (χ3v) is 6.58. The highest BCUT2D eigenvalue weighted by molar-refractivity contribution is 7.98. The van der Waals surface area contributed by atoms with E-state index in [0.29, 0.717) is 12.1 Å². The van der Waals surface area contributed by atoms with E-state index in [1.54, 1.807) is 23.1 Å². The molecule has 0 aliphatic carbocycles. The fourth-order valence-electron chi connectivity index (χ4n) is 3.33. The summed E-state index contributed by atoms with van der Waals surface area (Å²) in [6, 6.07) is 7.68. The summed E-state index contributed by atoms with van der Waals surface area (Å²) in [4.78, 5) is 31.5. The third-order valence-electron chi connectivity index (χ3n) is 4.84. The Balaban J connectivity index is 1.44. The number of thiazole rings is 1. The van der Waals surface area contributed by atoms with Gasteiger partial charge >= 0.3 is 0 Å². The lowest BCUT2D eigenvalue weighted by molar-refractivity contribution is -0.123. The Morgan fingerprint density at radius 1 is 1.36 bits per heavy atom. The summed E-state index contributed by atoms with van der Waals surface area (Å²) in [5.74, 6) is 0.466. The fourth-order valence-corrected chi connectivity index (χ4v) is 4.95. The second kappa shape index (κ2) is 10.6. The predicted molar refractivity (Wildman–Crippen MR) is 113 cm³/mol. The molecule has 2 amide bonds. The molecule has 0 radical (unpaired) electrons. The van der Waals surface area contributed by atoms with Gasteiger partial charge in [0.15, 0.2) is 0 Å². The van der Waals surface area contributed by atoms with Crippen LogP contribution >= 0.6 is 23.1 Å². The van der Waals surface area contributed by atoms with Crippen LogP contribution in [0.25, 0.3) is 0 Å². The van der Waals surface area contributed by atoms with Gasteiger partial charge in [-0.1, -0.05) is 12.1 Å². The minimum absolute atomic E-state index is 0.0371. The van der Waals surface area contributed by atoms with Gasteiger partial charge in [-0.15, -0.1) is 23.1 Å². The van der Waals surface area contributed by atoms with Crippen LogP contribution in [0.4, 0.5) is 0 Å². The molecule has 2 aromatic rings. The molecule has 1 fully saturated rings. The van der Waals surface area contributed by atoms with Crippen molar-refractivity contribution in [1.82, 2.24) is 15.2 Å². The summed E-state index contributed by atoms with van der Waals surface area (Å²) in [7, 11) is 0. The Morgan fingerprint density at radius 2 is 2.21 bits per heavy atom. The van der Waals surface area contributed by atoms with Crippen molar-refractivity contribution >= 4 is 34.9 Å². The van der Waals surface area contributed by atoms with Gasteiger partial charge in [-0.25, -0.2) is 4.98 Å². The van der Waals surface area contributed by atoms with E-state index < -0.39 is 0 Å². The first kappa shape index (κ1) is 20.8. The van der Waals surface area contributed by atoms with Gasteiger partial charge in [0.2, 0.25) is 5.91 Å². The average molecular weight is 419 g/mol. The average Bonchev–Trinajstić information content (AvgIpc) is 3.23. The molecule has 1 aromatic heterocycles. The van der Waals surface area contributed by atoms with Gasteiger partial charge < -0.3 is 16.0 Å². The van der Waals surface area contributed by atoms with E-state index in [1.807, 2.05) is 35.2 Å². The molecule has 8 heteroatoms. The third kappa shape index (κ3) is 6.05. The lowest BCUT2D eigenvalue weighted by Gasteiger charge is -2.31. The Morgan fingerprint density at radius 3 is 3.00 bits per heavy atom. The second-order valence-electron chi connectivity index (χ2n) is 6.92. The van der Waals surface area contributed by atoms with Crippen LogP contribution in [-0.4, -0.2) is 47.9 Å². The van der Waals surface area contributed by atoms with Crippen LogP contribution in [0.15, 0.2) is 40.1 Å². The number of nitrogens with two attached hydrogens (primary N) is 1. The zero-order chi connectivity index (χ0) is 19.8.